The molecule has 1 fully saturated rings. The molecule has 1 aromatic heterocycles. The van der Waals surface area contributed by atoms with Crippen molar-refractivity contribution < 1.29 is 9.21 Å². The summed E-state index contributed by atoms with van der Waals surface area (Å²) in [5.74, 6) is 0.943. The van der Waals surface area contributed by atoms with Crippen molar-refractivity contribution in [2.45, 2.75) is 56.0 Å². The molecule has 7 heteroatoms. The van der Waals surface area contributed by atoms with E-state index in [1.54, 1.807) is 0 Å². The molecule has 2 aromatic rings. The van der Waals surface area contributed by atoms with Crippen molar-refractivity contribution in [3.8, 4) is 0 Å². The van der Waals surface area contributed by atoms with E-state index in [9.17, 15) is 4.79 Å². The van der Waals surface area contributed by atoms with Crippen LogP contribution in [0.2, 0.25) is 0 Å². The molecular weight excluding hydrogens is 360 g/mol. The third-order valence-electron chi connectivity index (χ3n) is 4.94. The summed E-state index contributed by atoms with van der Waals surface area (Å²) in [5, 5.41) is 11.4. The fourth-order valence-electron chi connectivity index (χ4n) is 3.28. The van der Waals surface area contributed by atoms with Crippen LogP contribution in [-0.2, 0) is 11.3 Å². The van der Waals surface area contributed by atoms with Crippen molar-refractivity contribution in [1.82, 2.24) is 20.4 Å². The van der Waals surface area contributed by atoms with Gasteiger partial charge in [0.25, 0.3) is 5.22 Å². The van der Waals surface area contributed by atoms with Crippen LogP contribution in [0.15, 0.2) is 40.0 Å². The predicted molar refractivity (Wildman–Crippen MR) is 107 cm³/mol. The first kappa shape index (κ1) is 19.9. The minimum atomic E-state index is -0.279. The molecule has 2 heterocycles. The number of carbonyl (C=O) groups is 1. The van der Waals surface area contributed by atoms with E-state index in [1.807, 2.05) is 25.1 Å². The smallest absolute Gasteiger partial charge is 0.277 e. The highest BCUT2D eigenvalue weighted by molar-refractivity contribution is 8.00. The minimum absolute atomic E-state index is 0.00586. The summed E-state index contributed by atoms with van der Waals surface area (Å²) < 4.78 is 5.70. The third-order valence-corrected chi connectivity index (χ3v) is 5.87. The molecule has 0 saturated carbocycles. The zero-order valence-electron chi connectivity index (χ0n) is 16.1. The number of nitrogens with zero attached hydrogens (tertiary/aromatic N) is 3. The lowest BCUT2D eigenvalue weighted by molar-refractivity contribution is -0.120. The van der Waals surface area contributed by atoms with Gasteiger partial charge in [-0.25, -0.2) is 0 Å². The summed E-state index contributed by atoms with van der Waals surface area (Å²) in [6.45, 7) is 7.52. The molecule has 0 spiro atoms. The highest BCUT2D eigenvalue weighted by Crippen LogP contribution is 2.23. The Labute approximate surface area is 165 Å². The van der Waals surface area contributed by atoms with E-state index < -0.39 is 0 Å². The molecule has 146 valence electrons. The van der Waals surface area contributed by atoms with E-state index in [2.05, 4.69) is 39.5 Å². The zero-order valence-corrected chi connectivity index (χ0v) is 16.9. The molecular formula is C20H28N4O2S. The summed E-state index contributed by atoms with van der Waals surface area (Å²) in [5.41, 5.74) is 1.25. The maximum absolute atomic E-state index is 12.5. The van der Waals surface area contributed by atoms with Gasteiger partial charge in [-0.05, 0) is 44.8 Å². The zero-order chi connectivity index (χ0) is 19.1. The average Bonchev–Trinajstić information content (AvgIpc) is 3.35. The van der Waals surface area contributed by atoms with E-state index in [4.69, 9.17) is 4.42 Å². The second-order valence-electron chi connectivity index (χ2n) is 6.97. The van der Waals surface area contributed by atoms with Crippen LogP contribution >= 0.6 is 11.8 Å². The lowest BCUT2D eigenvalue weighted by atomic mass is 9.96. The van der Waals surface area contributed by atoms with Crippen molar-refractivity contribution >= 4 is 17.7 Å². The Bertz CT molecular complexity index is 716. The molecule has 2 unspecified atom stereocenters. The van der Waals surface area contributed by atoms with Crippen LogP contribution in [0.1, 0.15) is 50.5 Å². The van der Waals surface area contributed by atoms with E-state index >= 15 is 0 Å². The van der Waals surface area contributed by atoms with Gasteiger partial charge in [0, 0.05) is 12.5 Å². The summed E-state index contributed by atoms with van der Waals surface area (Å²) in [4.78, 5) is 14.8. The van der Waals surface area contributed by atoms with E-state index in [0.29, 0.717) is 30.1 Å². The van der Waals surface area contributed by atoms with Crippen LogP contribution in [0, 0.1) is 0 Å². The predicted octanol–water partition coefficient (Wildman–Crippen LogP) is 3.46. The highest BCUT2D eigenvalue weighted by atomic mass is 32.2. The average molecular weight is 389 g/mol. The molecule has 6 nitrogen and oxygen atoms in total. The van der Waals surface area contributed by atoms with Crippen molar-refractivity contribution in [3.05, 3.63) is 41.8 Å². The number of nitrogens with one attached hydrogen (secondary N) is 1. The first-order chi connectivity index (χ1) is 13.2. The van der Waals surface area contributed by atoms with Gasteiger partial charge in [-0.2, -0.15) is 0 Å². The number of likely N-dealkylation sites (tertiary alicyclic amines) is 1. The number of hydrogen-bond acceptors (Lipinski definition) is 6. The second-order valence-corrected chi connectivity index (χ2v) is 8.26. The molecule has 2 atom stereocenters. The lowest BCUT2D eigenvalue weighted by Gasteiger charge is -2.17. The summed E-state index contributed by atoms with van der Waals surface area (Å²) in [6, 6.07) is 10.3. The topological polar surface area (TPSA) is 71.3 Å². The Morgan fingerprint density at radius 2 is 2.00 bits per heavy atom. The largest absolute Gasteiger partial charge is 0.415 e. The number of thioether (sulfide) groups is 1. The van der Waals surface area contributed by atoms with Crippen LogP contribution in [0.5, 0.6) is 0 Å². The fraction of sp³-hybridized carbons (Fsp3) is 0.550. The number of carbonyl (C=O) groups excluding carboxylic acids is 1. The summed E-state index contributed by atoms with van der Waals surface area (Å²) in [7, 11) is 0. The maximum atomic E-state index is 12.5. The monoisotopic (exact) mass is 388 g/mol. The summed E-state index contributed by atoms with van der Waals surface area (Å²) in [6.07, 6.45) is 3.44. The second kappa shape index (κ2) is 9.90. The first-order valence-electron chi connectivity index (χ1n) is 9.69. The van der Waals surface area contributed by atoms with Gasteiger partial charge in [0.2, 0.25) is 11.8 Å². The van der Waals surface area contributed by atoms with Gasteiger partial charge in [-0.1, -0.05) is 49.0 Å². The van der Waals surface area contributed by atoms with Crippen molar-refractivity contribution in [2.24, 2.45) is 0 Å². The van der Waals surface area contributed by atoms with Crippen LogP contribution in [0.3, 0.4) is 0 Å². The molecule has 1 amide bonds. The van der Waals surface area contributed by atoms with Gasteiger partial charge in [-0.3, -0.25) is 9.69 Å². The molecule has 1 N–H and O–H groups in total. The van der Waals surface area contributed by atoms with E-state index in [0.717, 1.165) is 19.5 Å². The molecule has 0 radical (unpaired) electrons. The number of hydrogen-bond donors (Lipinski definition) is 1. The summed E-state index contributed by atoms with van der Waals surface area (Å²) >= 11 is 1.31. The molecule has 1 aromatic carbocycles. The van der Waals surface area contributed by atoms with Crippen LogP contribution in [0.25, 0.3) is 0 Å². The third kappa shape index (κ3) is 5.81. The molecule has 27 heavy (non-hydrogen) atoms. The molecule has 0 bridgehead atoms. The van der Waals surface area contributed by atoms with Crippen LogP contribution < -0.4 is 5.32 Å². The quantitative estimate of drug-likeness (QED) is 0.664. The number of rotatable bonds is 9. The SMILES string of the molecule is CCC(CNC(=O)C(C)Sc1nnc(CN2CCCC2)o1)c1ccccc1. The maximum Gasteiger partial charge on any atom is 0.277 e. The lowest BCUT2D eigenvalue weighted by Crippen LogP contribution is -2.34. The Morgan fingerprint density at radius 3 is 2.70 bits per heavy atom. The standard InChI is InChI=1S/C20H28N4O2S/c1-3-16(17-9-5-4-6-10-17)13-21-19(25)15(2)27-20-23-22-18(26-20)14-24-11-7-8-12-24/h4-6,9-10,15-16H,3,7-8,11-14H2,1-2H3,(H,21,25). The van der Waals surface area contributed by atoms with Crippen molar-refractivity contribution in [1.29, 1.82) is 0 Å². The van der Waals surface area contributed by atoms with Gasteiger partial charge in [0.1, 0.15) is 0 Å². The molecule has 1 aliphatic heterocycles. The highest BCUT2D eigenvalue weighted by Gasteiger charge is 2.21. The number of amides is 1. The Kier molecular flexibility index (Phi) is 7.29. The van der Waals surface area contributed by atoms with Gasteiger partial charge < -0.3 is 9.73 Å². The minimum Gasteiger partial charge on any atom is -0.415 e. The van der Waals surface area contributed by atoms with Crippen molar-refractivity contribution in [2.75, 3.05) is 19.6 Å². The van der Waals surface area contributed by atoms with E-state index in [-0.39, 0.29) is 11.2 Å². The van der Waals surface area contributed by atoms with Crippen LogP contribution in [0.4, 0.5) is 0 Å². The van der Waals surface area contributed by atoms with E-state index in [1.165, 1.54) is 30.2 Å². The number of benzene rings is 1. The molecule has 1 aliphatic rings. The normalized spacial score (nSPS) is 17.0. The van der Waals surface area contributed by atoms with Crippen molar-refractivity contribution in [3.63, 3.8) is 0 Å². The Balaban J connectivity index is 1.46. The molecule has 0 aliphatic carbocycles. The Hall–Kier alpha value is -1.86. The van der Waals surface area contributed by atoms with Crippen LogP contribution in [-0.4, -0.2) is 45.9 Å². The fourth-order valence-corrected chi connectivity index (χ4v) is 4.00. The van der Waals surface area contributed by atoms with Gasteiger partial charge in [0.05, 0.1) is 11.8 Å². The van der Waals surface area contributed by atoms with Gasteiger partial charge in [0.15, 0.2) is 0 Å². The number of aromatic nitrogens is 2. The first-order valence-corrected chi connectivity index (χ1v) is 10.6. The Morgan fingerprint density at radius 1 is 1.26 bits per heavy atom. The van der Waals surface area contributed by atoms with Gasteiger partial charge >= 0.3 is 0 Å². The molecule has 3 rings (SSSR count). The van der Waals surface area contributed by atoms with Gasteiger partial charge in [-0.15, -0.1) is 10.2 Å². The molecule has 1 saturated heterocycles.